The first-order valence-electron chi connectivity index (χ1n) is 15.5. The molecule has 2 aromatic rings. The van der Waals surface area contributed by atoms with Crippen LogP contribution in [-0.4, -0.2) is 24.1 Å². The Kier molecular flexibility index (Phi) is 19.2. The van der Waals surface area contributed by atoms with Crippen LogP contribution < -0.4 is 0 Å². The summed E-state index contributed by atoms with van der Waals surface area (Å²) in [5.74, 6) is 0.995. The van der Waals surface area contributed by atoms with Crippen LogP contribution in [0.2, 0.25) is 0 Å². The summed E-state index contributed by atoms with van der Waals surface area (Å²) in [5, 5.41) is 0. The number of hydrogen-bond donors (Lipinski definition) is 0. The summed E-state index contributed by atoms with van der Waals surface area (Å²) in [6.45, 7) is 14.7. The van der Waals surface area contributed by atoms with Crippen LogP contribution in [0.5, 0.6) is 0 Å². The number of benzene rings is 2. The van der Waals surface area contributed by atoms with E-state index >= 15 is 0 Å². The largest absolute Gasteiger partial charge is 0.459 e. The fraction of sp³-hybridized carbons (Fsp3) is 0.556. The van der Waals surface area contributed by atoms with Crippen LogP contribution in [0, 0.1) is 11.8 Å². The second-order valence-corrected chi connectivity index (χ2v) is 10.8. The lowest BCUT2D eigenvalue weighted by molar-refractivity contribution is 0.00162. The minimum Gasteiger partial charge on any atom is -0.459 e. The highest BCUT2D eigenvalue weighted by Crippen LogP contribution is 2.25. The van der Waals surface area contributed by atoms with Gasteiger partial charge >= 0.3 is 11.9 Å². The summed E-state index contributed by atoms with van der Waals surface area (Å²) in [6, 6.07) is 17.8. The first-order valence-corrected chi connectivity index (χ1v) is 15.5. The fourth-order valence-corrected chi connectivity index (χ4v) is 4.79. The van der Waals surface area contributed by atoms with Crippen LogP contribution in [0.1, 0.15) is 126 Å². The molecule has 40 heavy (non-hydrogen) atoms. The van der Waals surface area contributed by atoms with Gasteiger partial charge < -0.3 is 9.47 Å². The molecule has 4 unspecified atom stereocenters. The second-order valence-electron chi connectivity index (χ2n) is 10.8. The monoisotopic (exact) mass is 550 g/mol. The third kappa shape index (κ3) is 15.1. The van der Waals surface area contributed by atoms with E-state index in [2.05, 4.69) is 33.4 Å². The molecule has 4 atom stereocenters. The second kappa shape index (κ2) is 21.9. The molecule has 0 amide bonds. The van der Waals surface area contributed by atoms with Crippen LogP contribution in [0.25, 0.3) is 0 Å². The van der Waals surface area contributed by atoms with E-state index in [9.17, 15) is 9.59 Å². The molecule has 0 bridgehead atoms. The van der Waals surface area contributed by atoms with Crippen molar-refractivity contribution < 1.29 is 19.1 Å². The highest BCUT2D eigenvalue weighted by Gasteiger charge is 2.21. The molecule has 2 rings (SSSR count). The van der Waals surface area contributed by atoms with E-state index in [1.54, 1.807) is 48.5 Å². The average molecular weight is 551 g/mol. The molecular weight excluding hydrogens is 496 g/mol. The number of unbranched alkanes of at least 4 members (excludes halogenated alkanes) is 2. The van der Waals surface area contributed by atoms with Crippen molar-refractivity contribution in [3.63, 3.8) is 0 Å². The van der Waals surface area contributed by atoms with E-state index < -0.39 is 0 Å². The summed E-state index contributed by atoms with van der Waals surface area (Å²) in [5.41, 5.74) is 1.04. The van der Waals surface area contributed by atoms with Crippen molar-refractivity contribution in [2.45, 2.75) is 117 Å². The zero-order valence-corrected chi connectivity index (χ0v) is 25.8. The highest BCUT2D eigenvalue weighted by molar-refractivity contribution is 5.90. The normalized spacial score (nSPS) is 13.6. The lowest BCUT2D eigenvalue weighted by Gasteiger charge is -2.21. The maximum Gasteiger partial charge on any atom is 0.338 e. The zero-order chi connectivity index (χ0) is 29.6. The minimum absolute atomic E-state index is 0.281. The topological polar surface area (TPSA) is 52.6 Å². The molecule has 4 heteroatoms. The molecule has 0 heterocycles. The van der Waals surface area contributed by atoms with Crippen LogP contribution in [-0.2, 0) is 9.47 Å². The van der Waals surface area contributed by atoms with Gasteiger partial charge in [0.25, 0.3) is 0 Å². The van der Waals surface area contributed by atoms with Crippen molar-refractivity contribution in [3.05, 3.63) is 84.4 Å². The Bertz CT molecular complexity index is 924. The van der Waals surface area contributed by atoms with Crippen molar-refractivity contribution >= 4 is 11.9 Å². The maximum absolute atomic E-state index is 12.2. The number of carbonyl (C=O) groups is 2. The van der Waals surface area contributed by atoms with E-state index in [1.807, 2.05) is 26.0 Å². The molecule has 0 saturated heterocycles. The lowest BCUT2D eigenvalue weighted by atomic mass is 9.86. The summed E-state index contributed by atoms with van der Waals surface area (Å²) in [6.07, 6.45) is 14.6. The smallest absolute Gasteiger partial charge is 0.338 e. The van der Waals surface area contributed by atoms with Crippen LogP contribution in [0.3, 0.4) is 0 Å². The van der Waals surface area contributed by atoms with Gasteiger partial charge in [-0.25, -0.2) is 9.59 Å². The molecule has 0 aliphatic rings. The predicted octanol–water partition coefficient (Wildman–Crippen LogP) is 10.2. The van der Waals surface area contributed by atoms with Crippen molar-refractivity contribution in [2.24, 2.45) is 11.8 Å². The van der Waals surface area contributed by atoms with Crippen LogP contribution >= 0.6 is 0 Å². The first kappa shape index (κ1) is 35.1. The number of rotatable bonds is 18. The van der Waals surface area contributed by atoms with Gasteiger partial charge in [-0.15, -0.1) is 6.58 Å². The van der Waals surface area contributed by atoms with Gasteiger partial charge in [0.2, 0.25) is 0 Å². The number of ether oxygens (including phenoxy) is 2. The van der Waals surface area contributed by atoms with Crippen molar-refractivity contribution in [1.82, 2.24) is 0 Å². The van der Waals surface area contributed by atoms with Crippen molar-refractivity contribution in [3.8, 4) is 0 Å². The van der Waals surface area contributed by atoms with Gasteiger partial charge in [-0.1, -0.05) is 115 Å². The number of hydrogen-bond acceptors (Lipinski definition) is 4. The molecule has 2 aromatic carbocycles. The molecule has 0 N–H and O–H groups in total. The number of allylic oxidation sites excluding steroid dienone is 1. The zero-order valence-electron chi connectivity index (χ0n) is 25.8. The van der Waals surface area contributed by atoms with E-state index in [0.29, 0.717) is 17.5 Å². The van der Waals surface area contributed by atoms with Gasteiger partial charge in [-0.05, 0) is 62.3 Å². The van der Waals surface area contributed by atoms with Gasteiger partial charge in [0.15, 0.2) is 0 Å². The van der Waals surface area contributed by atoms with Crippen LogP contribution in [0.4, 0.5) is 0 Å². The molecular formula is C36H54O4. The quantitative estimate of drug-likeness (QED) is 0.137. The van der Waals surface area contributed by atoms with Gasteiger partial charge in [0.1, 0.15) is 12.2 Å². The predicted molar refractivity (Wildman–Crippen MR) is 168 cm³/mol. The Hall–Kier alpha value is -2.88. The summed E-state index contributed by atoms with van der Waals surface area (Å²) >= 11 is 0. The molecule has 0 spiro atoms. The van der Waals surface area contributed by atoms with E-state index in [4.69, 9.17) is 9.47 Å². The van der Waals surface area contributed by atoms with Crippen LogP contribution in [0.15, 0.2) is 73.3 Å². The van der Waals surface area contributed by atoms with E-state index in [1.165, 1.54) is 51.4 Å². The first-order chi connectivity index (χ1) is 19.4. The highest BCUT2D eigenvalue weighted by atomic mass is 16.6. The summed E-state index contributed by atoms with van der Waals surface area (Å²) in [7, 11) is 0. The molecule has 0 aliphatic carbocycles. The van der Waals surface area contributed by atoms with Crippen molar-refractivity contribution in [2.75, 3.05) is 0 Å². The average Bonchev–Trinajstić information content (AvgIpc) is 2.98. The molecule has 0 aliphatic heterocycles. The Balaban J connectivity index is 0.000000459. The Morgan fingerprint density at radius 2 is 1.25 bits per heavy atom. The number of esters is 2. The molecule has 222 valence electrons. The van der Waals surface area contributed by atoms with Crippen molar-refractivity contribution in [1.29, 1.82) is 0 Å². The summed E-state index contributed by atoms with van der Waals surface area (Å²) in [4.78, 5) is 24.3. The Labute approximate surface area is 244 Å². The Morgan fingerprint density at radius 3 is 1.73 bits per heavy atom. The summed E-state index contributed by atoms with van der Waals surface area (Å²) < 4.78 is 11.1. The standard InChI is InChI=1S/C21H24O4.C15H30/c1-3-10-19(25-21(23)18-13-8-5-9-14-18)15-16(2)24-20(22)17-11-6-4-7-12-17;1-5-9-11-14(7-3)13-15(8-4)12-10-6-2/h4-9,11-14,16,19H,3,10,15H2,1-2H3;7,14-15H,3,5-6,8-13H2,1-2,4H3. The third-order valence-corrected chi connectivity index (χ3v) is 7.25. The molecule has 0 saturated carbocycles. The molecule has 0 radical (unpaired) electrons. The van der Waals surface area contributed by atoms with Gasteiger partial charge in [-0.3, -0.25) is 0 Å². The SMILES string of the molecule is C=CC(CCCC)CC(CC)CCCC.CCCC(CC(C)OC(=O)c1ccccc1)OC(=O)c1ccccc1. The Morgan fingerprint density at radius 1 is 0.725 bits per heavy atom. The van der Waals surface area contributed by atoms with Gasteiger partial charge in [0, 0.05) is 6.42 Å². The lowest BCUT2D eigenvalue weighted by Crippen LogP contribution is -2.25. The molecule has 0 fully saturated rings. The number of carbonyl (C=O) groups excluding carboxylic acids is 2. The van der Waals surface area contributed by atoms with Gasteiger partial charge in [-0.2, -0.15) is 0 Å². The third-order valence-electron chi connectivity index (χ3n) is 7.25. The van der Waals surface area contributed by atoms with Gasteiger partial charge in [0.05, 0.1) is 11.1 Å². The fourth-order valence-electron chi connectivity index (χ4n) is 4.79. The minimum atomic E-state index is -0.363. The molecule has 4 nitrogen and oxygen atoms in total. The maximum atomic E-state index is 12.2. The van der Waals surface area contributed by atoms with E-state index in [0.717, 1.165) is 24.7 Å². The molecule has 0 aromatic heterocycles. The van der Waals surface area contributed by atoms with E-state index in [-0.39, 0.29) is 24.1 Å².